The van der Waals surface area contributed by atoms with Crippen LogP contribution < -0.4 is 14.8 Å². The van der Waals surface area contributed by atoms with Crippen LogP contribution in [0, 0.1) is 0 Å². The van der Waals surface area contributed by atoms with Gasteiger partial charge < -0.3 is 19.5 Å². The summed E-state index contributed by atoms with van der Waals surface area (Å²) in [4.78, 5) is 27.7. The monoisotopic (exact) mass is 438 g/mol. The van der Waals surface area contributed by atoms with E-state index in [1.165, 1.54) is 4.90 Å². The SMILES string of the molecule is CCOc1cccc(NC2=C(c3ccc(OC(C)C)cc3)C(=O)N(CCCOC)C2=O)c1. The molecule has 0 aliphatic carbocycles. The highest BCUT2D eigenvalue weighted by Crippen LogP contribution is 2.32. The van der Waals surface area contributed by atoms with Crippen LogP contribution in [-0.2, 0) is 14.3 Å². The average Bonchev–Trinajstić information content (AvgIpc) is 2.99. The summed E-state index contributed by atoms with van der Waals surface area (Å²) in [7, 11) is 1.59. The van der Waals surface area contributed by atoms with Crippen LogP contribution in [0.4, 0.5) is 5.69 Å². The molecule has 0 bridgehead atoms. The molecular weight excluding hydrogens is 408 g/mol. The fraction of sp³-hybridized carbons (Fsp3) is 0.360. The van der Waals surface area contributed by atoms with Crippen LogP contribution in [0.5, 0.6) is 11.5 Å². The summed E-state index contributed by atoms with van der Waals surface area (Å²) in [6, 6.07) is 14.5. The zero-order valence-electron chi connectivity index (χ0n) is 19.0. The van der Waals surface area contributed by atoms with E-state index in [4.69, 9.17) is 14.2 Å². The lowest BCUT2D eigenvalue weighted by molar-refractivity contribution is -0.137. The highest BCUT2D eigenvalue weighted by Gasteiger charge is 2.38. The van der Waals surface area contributed by atoms with Crippen LogP contribution in [-0.4, -0.2) is 49.7 Å². The number of imide groups is 1. The number of hydrogen-bond donors (Lipinski definition) is 1. The molecule has 0 unspecified atom stereocenters. The molecular formula is C25H30N2O5. The number of amides is 2. The quantitative estimate of drug-likeness (QED) is 0.420. The molecule has 2 amide bonds. The van der Waals surface area contributed by atoms with Crippen LogP contribution in [0.15, 0.2) is 54.2 Å². The Bertz CT molecular complexity index is 982. The molecule has 7 heteroatoms. The topological polar surface area (TPSA) is 77.1 Å². The molecule has 32 heavy (non-hydrogen) atoms. The molecule has 0 saturated heterocycles. The molecule has 1 aliphatic rings. The summed E-state index contributed by atoms with van der Waals surface area (Å²) >= 11 is 0. The van der Waals surface area contributed by atoms with Gasteiger partial charge in [-0.05, 0) is 57.0 Å². The number of rotatable bonds is 11. The molecule has 1 aliphatic heterocycles. The molecule has 0 spiro atoms. The van der Waals surface area contributed by atoms with Crippen molar-refractivity contribution < 1.29 is 23.8 Å². The van der Waals surface area contributed by atoms with Crippen LogP contribution in [0.1, 0.15) is 32.8 Å². The smallest absolute Gasteiger partial charge is 0.278 e. The van der Waals surface area contributed by atoms with Crippen molar-refractivity contribution in [3.63, 3.8) is 0 Å². The largest absolute Gasteiger partial charge is 0.494 e. The average molecular weight is 439 g/mol. The van der Waals surface area contributed by atoms with E-state index >= 15 is 0 Å². The van der Waals surface area contributed by atoms with E-state index in [1.807, 2.05) is 39.0 Å². The van der Waals surface area contributed by atoms with Crippen molar-refractivity contribution in [1.29, 1.82) is 0 Å². The molecule has 7 nitrogen and oxygen atoms in total. The van der Waals surface area contributed by atoms with Gasteiger partial charge >= 0.3 is 0 Å². The molecule has 0 fully saturated rings. The van der Waals surface area contributed by atoms with Gasteiger partial charge in [-0.15, -0.1) is 0 Å². The molecule has 2 aromatic carbocycles. The first kappa shape index (κ1) is 23.3. The first-order valence-electron chi connectivity index (χ1n) is 10.8. The molecule has 170 valence electrons. The van der Waals surface area contributed by atoms with Crippen molar-refractivity contribution in [3.8, 4) is 11.5 Å². The number of carbonyl (C=O) groups is 2. The second-order valence-corrected chi connectivity index (χ2v) is 7.64. The number of nitrogens with one attached hydrogen (secondary N) is 1. The lowest BCUT2D eigenvalue weighted by Crippen LogP contribution is -2.33. The summed E-state index contributed by atoms with van der Waals surface area (Å²) in [6.45, 7) is 7.09. The maximum Gasteiger partial charge on any atom is 0.278 e. The van der Waals surface area contributed by atoms with E-state index in [0.29, 0.717) is 48.0 Å². The van der Waals surface area contributed by atoms with E-state index < -0.39 is 0 Å². The van der Waals surface area contributed by atoms with Crippen LogP contribution >= 0.6 is 0 Å². The van der Waals surface area contributed by atoms with Gasteiger partial charge in [0, 0.05) is 32.0 Å². The Kier molecular flexibility index (Phi) is 7.89. The molecule has 0 radical (unpaired) electrons. The minimum atomic E-state index is -0.356. The molecule has 2 aromatic rings. The number of ether oxygens (including phenoxy) is 3. The summed E-state index contributed by atoms with van der Waals surface area (Å²) in [5, 5.41) is 3.16. The van der Waals surface area contributed by atoms with Gasteiger partial charge in [0.25, 0.3) is 11.8 Å². The number of anilines is 1. The van der Waals surface area contributed by atoms with Crippen molar-refractivity contribution in [2.45, 2.75) is 33.3 Å². The first-order chi connectivity index (χ1) is 15.4. The summed E-state index contributed by atoms with van der Waals surface area (Å²) in [5.41, 5.74) is 1.91. The Balaban J connectivity index is 1.96. The van der Waals surface area contributed by atoms with Crippen molar-refractivity contribution in [2.24, 2.45) is 0 Å². The van der Waals surface area contributed by atoms with Gasteiger partial charge in [-0.3, -0.25) is 14.5 Å². The standard InChI is InChI=1S/C25H30N2O5/c1-5-31-21-9-6-8-19(16-21)26-23-22(18-10-12-20(13-11-18)32-17(2)3)24(28)27(25(23)29)14-7-15-30-4/h6,8-13,16-17,26H,5,7,14-15H2,1-4H3. The van der Waals surface area contributed by atoms with E-state index in [9.17, 15) is 9.59 Å². The van der Waals surface area contributed by atoms with Crippen LogP contribution in [0.25, 0.3) is 5.57 Å². The van der Waals surface area contributed by atoms with Crippen molar-refractivity contribution >= 4 is 23.1 Å². The molecule has 0 saturated carbocycles. The number of carbonyl (C=O) groups excluding carboxylic acids is 2. The normalized spacial score (nSPS) is 13.8. The summed E-state index contributed by atoms with van der Waals surface area (Å²) in [5.74, 6) is 0.707. The lowest BCUT2D eigenvalue weighted by atomic mass is 10.0. The van der Waals surface area contributed by atoms with Crippen molar-refractivity contribution in [2.75, 3.05) is 32.2 Å². The second kappa shape index (κ2) is 10.8. The molecule has 3 rings (SSSR count). The molecule has 1 heterocycles. The predicted molar refractivity (Wildman–Crippen MR) is 124 cm³/mol. The maximum atomic E-state index is 13.3. The minimum absolute atomic E-state index is 0.0425. The van der Waals surface area contributed by atoms with Crippen LogP contribution in [0.3, 0.4) is 0 Å². The molecule has 0 aromatic heterocycles. The first-order valence-corrected chi connectivity index (χ1v) is 10.8. The number of benzene rings is 2. The summed E-state index contributed by atoms with van der Waals surface area (Å²) in [6.07, 6.45) is 0.607. The Labute approximate surface area is 189 Å². The van der Waals surface area contributed by atoms with E-state index in [2.05, 4.69) is 5.32 Å². The Hall–Kier alpha value is -3.32. The van der Waals surface area contributed by atoms with Gasteiger partial charge in [-0.25, -0.2) is 0 Å². The predicted octanol–water partition coefficient (Wildman–Crippen LogP) is 4.10. The molecule has 0 atom stereocenters. The summed E-state index contributed by atoms with van der Waals surface area (Å²) < 4.78 is 16.3. The second-order valence-electron chi connectivity index (χ2n) is 7.64. The van der Waals surface area contributed by atoms with Crippen LogP contribution in [0.2, 0.25) is 0 Å². The van der Waals surface area contributed by atoms with Gasteiger partial charge in [-0.1, -0.05) is 18.2 Å². The maximum absolute atomic E-state index is 13.3. The zero-order valence-corrected chi connectivity index (χ0v) is 19.0. The Morgan fingerprint density at radius 2 is 1.75 bits per heavy atom. The number of hydrogen-bond acceptors (Lipinski definition) is 6. The number of nitrogens with zero attached hydrogens (tertiary/aromatic N) is 1. The third kappa shape index (κ3) is 5.48. The van der Waals surface area contributed by atoms with E-state index in [1.54, 1.807) is 37.4 Å². The van der Waals surface area contributed by atoms with Gasteiger partial charge in [-0.2, -0.15) is 0 Å². The van der Waals surface area contributed by atoms with Crippen molar-refractivity contribution in [3.05, 3.63) is 59.8 Å². The van der Waals surface area contributed by atoms with Gasteiger partial charge in [0.15, 0.2) is 0 Å². The fourth-order valence-corrected chi connectivity index (χ4v) is 3.48. The highest BCUT2D eigenvalue weighted by atomic mass is 16.5. The fourth-order valence-electron chi connectivity index (χ4n) is 3.48. The number of methoxy groups -OCH3 is 1. The van der Waals surface area contributed by atoms with E-state index in [-0.39, 0.29) is 30.2 Å². The Morgan fingerprint density at radius 3 is 2.41 bits per heavy atom. The third-order valence-corrected chi connectivity index (χ3v) is 4.83. The third-order valence-electron chi connectivity index (χ3n) is 4.83. The van der Waals surface area contributed by atoms with Gasteiger partial charge in [0.2, 0.25) is 0 Å². The molecule has 1 N–H and O–H groups in total. The highest BCUT2D eigenvalue weighted by molar-refractivity contribution is 6.36. The van der Waals surface area contributed by atoms with Gasteiger partial charge in [0.1, 0.15) is 17.2 Å². The van der Waals surface area contributed by atoms with Gasteiger partial charge in [0.05, 0.1) is 18.3 Å². The van der Waals surface area contributed by atoms with E-state index in [0.717, 1.165) is 0 Å². The Morgan fingerprint density at radius 1 is 1.00 bits per heavy atom. The lowest BCUT2D eigenvalue weighted by Gasteiger charge is -2.15. The zero-order chi connectivity index (χ0) is 23.1. The minimum Gasteiger partial charge on any atom is -0.494 e. The van der Waals surface area contributed by atoms with Crippen molar-refractivity contribution in [1.82, 2.24) is 4.90 Å².